The normalized spacial score (nSPS) is 22.2. The third kappa shape index (κ3) is 3.09. The third-order valence-electron chi connectivity index (χ3n) is 6.11. The summed E-state index contributed by atoms with van der Waals surface area (Å²) < 4.78 is 0. The van der Waals surface area contributed by atoms with Gasteiger partial charge in [-0.3, -0.25) is 0 Å². The van der Waals surface area contributed by atoms with E-state index >= 15 is 0 Å². The lowest BCUT2D eigenvalue weighted by molar-refractivity contribution is 0.0223. The van der Waals surface area contributed by atoms with Crippen molar-refractivity contribution in [2.45, 2.75) is 72.3 Å². The summed E-state index contributed by atoms with van der Waals surface area (Å²) in [6.07, 6.45) is 14.2. The predicted octanol–water partition coefficient (Wildman–Crippen LogP) is 6.01. The molecule has 122 valence electrons. The molecule has 22 heavy (non-hydrogen) atoms. The fourth-order valence-corrected chi connectivity index (χ4v) is 4.14. The molecule has 1 heteroatoms. The summed E-state index contributed by atoms with van der Waals surface area (Å²) in [4.78, 5) is 2.55. The van der Waals surface area contributed by atoms with Crippen molar-refractivity contribution in [1.82, 2.24) is 4.90 Å². The zero-order chi connectivity index (χ0) is 16.3. The highest BCUT2D eigenvalue weighted by atomic mass is 15.2. The Morgan fingerprint density at radius 3 is 2.50 bits per heavy atom. The minimum absolute atomic E-state index is 0.599. The van der Waals surface area contributed by atoms with Crippen molar-refractivity contribution in [3.8, 4) is 0 Å². The van der Waals surface area contributed by atoms with Gasteiger partial charge in [-0.2, -0.15) is 0 Å². The van der Waals surface area contributed by atoms with Crippen molar-refractivity contribution in [3.63, 3.8) is 0 Å². The van der Waals surface area contributed by atoms with Crippen molar-refractivity contribution in [1.29, 1.82) is 0 Å². The lowest BCUT2D eigenvalue weighted by atomic mass is 9.61. The summed E-state index contributed by atoms with van der Waals surface area (Å²) in [5.41, 5.74) is 6.29. The van der Waals surface area contributed by atoms with Gasteiger partial charge in [0.25, 0.3) is 0 Å². The van der Waals surface area contributed by atoms with Gasteiger partial charge in [-0.25, -0.2) is 0 Å². The summed E-state index contributed by atoms with van der Waals surface area (Å²) in [7, 11) is 2.29. The first-order valence-electron chi connectivity index (χ1n) is 8.90. The zero-order valence-electron chi connectivity index (χ0n) is 15.2. The molecule has 0 unspecified atom stereocenters. The van der Waals surface area contributed by atoms with Crippen molar-refractivity contribution in [2.75, 3.05) is 7.05 Å². The van der Waals surface area contributed by atoms with Crippen LogP contribution in [-0.2, 0) is 0 Å². The van der Waals surface area contributed by atoms with Gasteiger partial charge in [0.1, 0.15) is 0 Å². The molecule has 0 bridgehead atoms. The van der Waals surface area contributed by atoms with Crippen molar-refractivity contribution in [3.05, 3.63) is 47.2 Å². The minimum Gasteiger partial charge on any atom is -0.371 e. The molecular weight excluding hydrogens is 266 g/mol. The first-order chi connectivity index (χ1) is 10.5. The van der Waals surface area contributed by atoms with Gasteiger partial charge in [-0.1, -0.05) is 51.5 Å². The molecule has 2 aliphatic carbocycles. The molecular formula is C21H33N. The molecule has 0 amide bonds. The van der Waals surface area contributed by atoms with Crippen molar-refractivity contribution in [2.24, 2.45) is 5.41 Å². The molecule has 0 heterocycles. The van der Waals surface area contributed by atoms with Crippen LogP contribution in [0.3, 0.4) is 0 Å². The van der Waals surface area contributed by atoms with Crippen LogP contribution in [0.25, 0.3) is 0 Å². The first kappa shape index (κ1) is 17.1. The predicted molar refractivity (Wildman–Crippen MR) is 97.8 cm³/mol. The van der Waals surface area contributed by atoms with Gasteiger partial charge >= 0.3 is 0 Å². The van der Waals surface area contributed by atoms with E-state index in [1.807, 2.05) is 6.08 Å². The monoisotopic (exact) mass is 299 g/mol. The fraction of sp³-hybridized carbons (Fsp3) is 0.619. The fourth-order valence-electron chi connectivity index (χ4n) is 4.14. The van der Waals surface area contributed by atoms with E-state index < -0.39 is 0 Å². The van der Waals surface area contributed by atoms with E-state index in [0.717, 1.165) is 12.8 Å². The summed E-state index contributed by atoms with van der Waals surface area (Å²) in [5.74, 6) is 0. The van der Waals surface area contributed by atoms with E-state index in [0.29, 0.717) is 11.5 Å². The van der Waals surface area contributed by atoms with Crippen molar-refractivity contribution < 1.29 is 0 Å². The van der Waals surface area contributed by atoms with Gasteiger partial charge in [0.05, 0.1) is 0 Å². The molecule has 1 nitrogen and oxygen atoms in total. The molecule has 0 atom stereocenters. The summed E-state index contributed by atoms with van der Waals surface area (Å²) >= 11 is 0. The molecule has 0 aromatic rings. The Kier molecular flexibility index (Phi) is 5.36. The topological polar surface area (TPSA) is 3.24 Å². The van der Waals surface area contributed by atoms with Gasteiger partial charge in [0.2, 0.25) is 0 Å². The maximum Gasteiger partial charge on any atom is 0.0430 e. The quantitative estimate of drug-likeness (QED) is 0.543. The molecule has 0 saturated heterocycles. The smallest absolute Gasteiger partial charge is 0.0430 e. The SMILES string of the molecule is C=C/C(C)=C(/C1=C(C)C=CCC1)N(C)C1CC(CC)(CC)C1. The Bertz CT molecular complexity index is 506. The lowest BCUT2D eigenvalue weighted by Gasteiger charge is -2.52. The van der Waals surface area contributed by atoms with Gasteiger partial charge < -0.3 is 4.90 Å². The van der Waals surface area contributed by atoms with Gasteiger partial charge in [-0.15, -0.1) is 0 Å². The Hall–Kier alpha value is -1.24. The van der Waals surface area contributed by atoms with Crippen LogP contribution < -0.4 is 0 Å². The highest BCUT2D eigenvalue weighted by Crippen LogP contribution is 2.50. The molecule has 0 aliphatic heterocycles. The van der Waals surface area contributed by atoms with E-state index in [2.05, 4.69) is 58.4 Å². The van der Waals surface area contributed by atoms with Crippen LogP contribution in [0.15, 0.2) is 47.2 Å². The number of hydrogen-bond acceptors (Lipinski definition) is 1. The molecule has 0 N–H and O–H groups in total. The summed E-state index contributed by atoms with van der Waals surface area (Å²) in [6, 6.07) is 0.691. The van der Waals surface area contributed by atoms with Gasteiger partial charge in [0.15, 0.2) is 0 Å². The Morgan fingerprint density at radius 2 is 2.00 bits per heavy atom. The number of allylic oxidation sites excluding steroid dienone is 6. The van der Waals surface area contributed by atoms with E-state index in [9.17, 15) is 0 Å². The second kappa shape index (κ2) is 6.89. The van der Waals surface area contributed by atoms with Gasteiger partial charge in [-0.05, 0) is 61.7 Å². The lowest BCUT2D eigenvalue weighted by Crippen LogP contribution is -2.49. The number of hydrogen-bond donors (Lipinski definition) is 0. The van der Waals surface area contributed by atoms with E-state index in [1.165, 1.54) is 48.1 Å². The van der Waals surface area contributed by atoms with Crippen LogP contribution in [0.4, 0.5) is 0 Å². The molecule has 2 rings (SSSR count). The molecule has 0 radical (unpaired) electrons. The maximum atomic E-state index is 4.02. The first-order valence-corrected chi connectivity index (χ1v) is 8.90. The summed E-state index contributed by atoms with van der Waals surface area (Å²) in [5, 5.41) is 0. The van der Waals surface area contributed by atoms with E-state index in [-0.39, 0.29) is 0 Å². The average Bonchev–Trinajstić information content (AvgIpc) is 2.49. The number of likely N-dealkylation sites (N-methyl/N-ethyl adjacent to an activating group) is 1. The molecule has 1 saturated carbocycles. The zero-order valence-corrected chi connectivity index (χ0v) is 15.2. The van der Waals surface area contributed by atoms with Crippen LogP contribution in [0.5, 0.6) is 0 Å². The Morgan fingerprint density at radius 1 is 1.36 bits per heavy atom. The standard InChI is InChI=1S/C21H33N/c1-7-16(4)20(19-13-11-10-12-17(19)5)22(6)18-14-21(8-2,9-3)15-18/h7,10,12,18H,1,8-9,11,13-15H2,2-6H3/b20-16-. The van der Waals surface area contributed by atoms with Crippen LogP contribution in [0, 0.1) is 5.41 Å². The maximum absolute atomic E-state index is 4.02. The number of nitrogens with zero attached hydrogens (tertiary/aromatic N) is 1. The van der Waals surface area contributed by atoms with Crippen LogP contribution in [0.2, 0.25) is 0 Å². The Labute approximate surface area is 137 Å². The molecule has 2 aliphatic rings. The van der Waals surface area contributed by atoms with Crippen molar-refractivity contribution >= 4 is 0 Å². The Balaban J connectivity index is 2.26. The van der Waals surface area contributed by atoms with E-state index in [1.54, 1.807) is 0 Å². The van der Waals surface area contributed by atoms with Crippen LogP contribution in [0.1, 0.15) is 66.2 Å². The average molecular weight is 300 g/mol. The van der Waals surface area contributed by atoms with Crippen LogP contribution in [-0.4, -0.2) is 18.0 Å². The number of rotatable bonds is 6. The summed E-state index contributed by atoms with van der Waals surface area (Å²) in [6.45, 7) is 13.2. The second-order valence-electron chi connectivity index (χ2n) is 7.22. The van der Waals surface area contributed by atoms with Gasteiger partial charge in [0, 0.05) is 18.8 Å². The second-order valence-corrected chi connectivity index (χ2v) is 7.22. The van der Waals surface area contributed by atoms with E-state index in [4.69, 9.17) is 0 Å². The highest BCUT2D eigenvalue weighted by molar-refractivity contribution is 5.45. The van der Waals surface area contributed by atoms with Crippen LogP contribution >= 0.6 is 0 Å². The highest BCUT2D eigenvalue weighted by Gasteiger charge is 2.43. The largest absolute Gasteiger partial charge is 0.371 e. The molecule has 0 spiro atoms. The molecule has 1 fully saturated rings. The third-order valence-corrected chi connectivity index (χ3v) is 6.11. The molecule has 0 aromatic heterocycles. The molecule has 0 aromatic carbocycles. The minimum atomic E-state index is 0.599.